The van der Waals surface area contributed by atoms with Crippen molar-refractivity contribution < 1.29 is 4.39 Å². The lowest BCUT2D eigenvalue weighted by Gasteiger charge is -2.05. The maximum atomic E-state index is 13.3. The van der Waals surface area contributed by atoms with Crippen LogP contribution >= 0.6 is 0 Å². The van der Waals surface area contributed by atoms with Gasteiger partial charge in [-0.3, -0.25) is 0 Å². The predicted octanol–water partition coefficient (Wildman–Crippen LogP) is 2.11. The minimum atomic E-state index is -0.121. The molecule has 0 spiro atoms. The highest BCUT2D eigenvalue weighted by Gasteiger charge is 2.17. The van der Waals surface area contributed by atoms with Crippen molar-refractivity contribution in [2.45, 2.75) is 19.4 Å². The number of halogens is 1. The summed E-state index contributed by atoms with van der Waals surface area (Å²) in [6.07, 6.45) is 2.66. The van der Waals surface area contributed by atoms with E-state index in [4.69, 9.17) is 5.73 Å². The van der Waals surface area contributed by atoms with Gasteiger partial charge in [-0.15, -0.1) is 0 Å². The van der Waals surface area contributed by atoms with E-state index in [0.29, 0.717) is 6.42 Å². The highest BCUT2D eigenvalue weighted by Crippen LogP contribution is 2.27. The smallest absolute Gasteiger partial charge is 0.127 e. The Morgan fingerprint density at radius 2 is 2.23 bits per heavy atom. The van der Waals surface area contributed by atoms with Gasteiger partial charge in [0.1, 0.15) is 5.82 Å². The standard InChI is InChI=1S/C11H12FN/c1-7(13)9-5-8-3-2-4-11(12)10(8)6-9/h2-5,7H,6,13H2,1H3. The summed E-state index contributed by atoms with van der Waals surface area (Å²) in [7, 11) is 0. The summed E-state index contributed by atoms with van der Waals surface area (Å²) in [5.41, 5.74) is 8.61. The Morgan fingerprint density at radius 3 is 2.85 bits per heavy atom. The Hall–Kier alpha value is -1.15. The molecule has 0 bridgehead atoms. The van der Waals surface area contributed by atoms with Gasteiger partial charge in [0, 0.05) is 6.04 Å². The Labute approximate surface area is 77.1 Å². The zero-order valence-corrected chi connectivity index (χ0v) is 7.55. The largest absolute Gasteiger partial charge is 0.324 e. The summed E-state index contributed by atoms with van der Waals surface area (Å²) in [5.74, 6) is -0.121. The molecule has 0 fully saturated rings. The topological polar surface area (TPSA) is 26.0 Å². The summed E-state index contributed by atoms with van der Waals surface area (Å²) in [6.45, 7) is 1.93. The van der Waals surface area contributed by atoms with E-state index in [2.05, 4.69) is 0 Å². The van der Waals surface area contributed by atoms with Gasteiger partial charge in [0.2, 0.25) is 0 Å². The van der Waals surface area contributed by atoms with Crippen LogP contribution in [0.25, 0.3) is 6.08 Å². The number of hydrogen-bond acceptors (Lipinski definition) is 1. The van der Waals surface area contributed by atoms with Crippen molar-refractivity contribution in [2.75, 3.05) is 0 Å². The molecule has 2 heteroatoms. The Bertz CT molecular complexity index is 366. The first-order valence-electron chi connectivity index (χ1n) is 4.42. The average Bonchev–Trinajstić information content (AvgIpc) is 2.49. The molecular formula is C11H12FN. The van der Waals surface area contributed by atoms with Crippen LogP contribution < -0.4 is 5.73 Å². The zero-order valence-electron chi connectivity index (χ0n) is 7.55. The first kappa shape index (κ1) is 8.45. The minimum Gasteiger partial charge on any atom is -0.324 e. The van der Waals surface area contributed by atoms with Gasteiger partial charge < -0.3 is 5.73 Å². The first-order chi connectivity index (χ1) is 6.18. The SMILES string of the molecule is CC(N)C1=Cc2cccc(F)c2C1. The lowest BCUT2D eigenvalue weighted by atomic mass is 10.1. The van der Waals surface area contributed by atoms with E-state index in [1.807, 2.05) is 19.1 Å². The molecule has 0 saturated carbocycles. The average molecular weight is 177 g/mol. The van der Waals surface area contributed by atoms with Crippen molar-refractivity contribution >= 4 is 6.08 Å². The van der Waals surface area contributed by atoms with Crippen LogP contribution in [0.15, 0.2) is 23.8 Å². The molecule has 0 aliphatic heterocycles. The van der Waals surface area contributed by atoms with Crippen LogP contribution in [-0.4, -0.2) is 6.04 Å². The van der Waals surface area contributed by atoms with Crippen molar-refractivity contribution in [3.63, 3.8) is 0 Å². The predicted molar refractivity (Wildman–Crippen MR) is 51.7 cm³/mol. The summed E-state index contributed by atoms with van der Waals surface area (Å²) < 4.78 is 13.3. The Balaban J connectivity index is 2.41. The first-order valence-corrected chi connectivity index (χ1v) is 4.42. The van der Waals surface area contributed by atoms with Gasteiger partial charge in [-0.05, 0) is 36.1 Å². The third-order valence-corrected chi connectivity index (χ3v) is 2.46. The molecule has 1 aromatic carbocycles. The molecule has 1 aliphatic rings. The quantitative estimate of drug-likeness (QED) is 0.698. The number of fused-ring (bicyclic) bond motifs is 1. The van der Waals surface area contributed by atoms with Crippen LogP contribution in [0.4, 0.5) is 4.39 Å². The Morgan fingerprint density at radius 1 is 1.46 bits per heavy atom. The van der Waals surface area contributed by atoms with Gasteiger partial charge in [-0.2, -0.15) is 0 Å². The monoisotopic (exact) mass is 177 g/mol. The molecule has 1 unspecified atom stereocenters. The maximum Gasteiger partial charge on any atom is 0.127 e. The lowest BCUT2D eigenvalue weighted by molar-refractivity contribution is 0.613. The molecule has 0 heterocycles. The van der Waals surface area contributed by atoms with E-state index in [1.54, 1.807) is 6.07 Å². The van der Waals surface area contributed by atoms with E-state index >= 15 is 0 Å². The molecule has 2 rings (SSSR count). The molecule has 0 amide bonds. The number of nitrogens with two attached hydrogens (primary N) is 1. The van der Waals surface area contributed by atoms with Gasteiger partial charge in [-0.25, -0.2) is 4.39 Å². The molecule has 1 nitrogen and oxygen atoms in total. The molecule has 0 aromatic heterocycles. The van der Waals surface area contributed by atoms with Crippen LogP contribution in [0.5, 0.6) is 0 Å². The second-order valence-corrected chi connectivity index (χ2v) is 3.49. The number of benzene rings is 1. The minimum absolute atomic E-state index is 0.0202. The van der Waals surface area contributed by atoms with Crippen molar-refractivity contribution in [3.8, 4) is 0 Å². The van der Waals surface area contributed by atoms with E-state index in [-0.39, 0.29) is 11.9 Å². The fourth-order valence-corrected chi connectivity index (χ4v) is 1.64. The van der Waals surface area contributed by atoms with Crippen molar-refractivity contribution in [1.29, 1.82) is 0 Å². The molecular weight excluding hydrogens is 165 g/mol. The van der Waals surface area contributed by atoms with Crippen LogP contribution in [0.2, 0.25) is 0 Å². The van der Waals surface area contributed by atoms with Crippen molar-refractivity contribution in [3.05, 3.63) is 40.7 Å². The molecule has 68 valence electrons. The second-order valence-electron chi connectivity index (χ2n) is 3.49. The van der Waals surface area contributed by atoms with E-state index in [0.717, 1.165) is 16.7 Å². The molecule has 1 atom stereocenters. The van der Waals surface area contributed by atoms with E-state index in [1.165, 1.54) is 6.07 Å². The molecule has 0 saturated heterocycles. The summed E-state index contributed by atoms with van der Waals surface area (Å²) in [5, 5.41) is 0. The zero-order chi connectivity index (χ0) is 9.42. The van der Waals surface area contributed by atoms with Crippen LogP contribution in [-0.2, 0) is 6.42 Å². The van der Waals surface area contributed by atoms with Gasteiger partial charge in [0.05, 0.1) is 0 Å². The van der Waals surface area contributed by atoms with E-state index in [9.17, 15) is 4.39 Å². The van der Waals surface area contributed by atoms with Crippen LogP contribution in [0.3, 0.4) is 0 Å². The maximum absolute atomic E-state index is 13.3. The second kappa shape index (κ2) is 2.96. The number of rotatable bonds is 1. The third-order valence-electron chi connectivity index (χ3n) is 2.46. The highest BCUT2D eigenvalue weighted by molar-refractivity contribution is 5.64. The van der Waals surface area contributed by atoms with Gasteiger partial charge in [0.25, 0.3) is 0 Å². The fourth-order valence-electron chi connectivity index (χ4n) is 1.64. The summed E-state index contributed by atoms with van der Waals surface area (Å²) in [6, 6.07) is 5.17. The normalized spacial score (nSPS) is 16.7. The van der Waals surface area contributed by atoms with E-state index < -0.39 is 0 Å². The van der Waals surface area contributed by atoms with Gasteiger partial charge in [0.15, 0.2) is 0 Å². The molecule has 0 radical (unpaired) electrons. The summed E-state index contributed by atoms with van der Waals surface area (Å²) >= 11 is 0. The third kappa shape index (κ3) is 1.38. The number of hydrogen-bond donors (Lipinski definition) is 1. The fraction of sp³-hybridized carbons (Fsp3) is 0.273. The lowest BCUT2D eigenvalue weighted by Crippen LogP contribution is -2.17. The van der Waals surface area contributed by atoms with Gasteiger partial charge in [-0.1, -0.05) is 18.2 Å². The van der Waals surface area contributed by atoms with Gasteiger partial charge >= 0.3 is 0 Å². The molecule has 1 aromatic rings. The molecule has 2 N–H and O–H groups in total. The Kier molecular flexibility index (Phi) is 1.93. The molecule has 1 aliphatic carbocycles. The van der Waals surface area contributed by atoms with Crippen molar-refractivity contribution in [2.24, 2.45) is 5.73 Å². The summed E-state index contributed by atoms with van der Waals surface area (Å²) in [4.78, 5) is 0. The highest BCUT2D eigenvalue weighted by atomic mass is 19.1. The molecule has 13 heavy (non-hydrogen) atoms. The van der Waals surface area contributed by atoms with Crippen LogP contribution in [0, 0.1) is 5.82 Å². The van der Waals surface area contributed by atoms with Crippen LogP contribution in [0.1, 0.15) is 18.1 Å². The van der Waals surface area contributed by atoms with Crippen molar-refractivity contribution in [1.82, 2.24) is 0 Å².